The number of fused-ring (bicyclic) bond motifs is 1. The molecule has 0 aromatic heterocycles. The van der Waals surface area contributed by atoms with Crippen LogP contribution in [-0.4, -0.2) is 27.1 Å². The highest BCUT2D eigenvalue weighted by Gasteiger charge is 2.34. The van der Waals surface area contributed by atoms with Crippen LogP contribution >= 0.6 is 31.9 Å². The van der Waals surface area contributed by atoms with E-state index in [1.165, 1.54) is 12.3 Å². The number of nitrogens with two attached hydrogens (primary N) is 1. The molecular weight excluding hydrogens is 516 g/mol. The van der Waals surface area contributed by atoms with Crippen molar-refractivity contribution < 1.29 is 22.7 Å². The molecule has 148 valence electrons. The lowest BCUT2D eigenvalue weighted by atomic mass is 10.00. The van der Waals surface area contributed by atoms with E-state index in [1.807, 2.05) is 0 Å². The number of ketones is 1. The molecule has 3 N–H and O–H groups in total. The largest absolute Gasteiger partial charge is 0.458 e. The molecule has 10 heteroatoms. The summed E-state index contributed by atoms with van der Waals surface area (Å²) in [6.45, 7) is 2.09. The van der Waals surface area contributed by atoms with E-state index in [-0.39, 0.29) is 21.9 Å². The molecule has 0 radical (unpaired) electrons. The standard InChI is InChI=1S/C18H16Br2N2O5S/c1-2-26-18-12(9-22-14-5-3-4-6-15(14)28(21,24)25)16(23)11-7-10(19)8-13(20)17(11)27-18/h3-9,18,22H,2H2,1H3,(H2,21,24,25)/b12-9+. The number of Topliss-reactive ketones (excluding diaryl/α,β-unsaturated/α-hetero) is 1. The number of ether oxygens (including phenoxy) is 2. The van der Waals surface area contributed by atoms with E-state index < -0.39 is 16.3 Å². The van der Waals surface area contributed by atoms with Gasteiger partial charge in [0.2, 0.25) is 22.1 Å². The van der Waals surface area contributed by atoms with Crippen LogP contribution in [0.3, 0.4) is 0 Å². The lowest BCUT2D eigenvalue weighted by Crippen LogP contribution is -2.33. The number of rotatable bonds is 5. The lowest BCUT2D eigenvalue weighted by molar-refractivity contribution is -0.0513. The number of primary sulfonamides is 1. The molecule has 7 nitrogen and oxygen atoms in total. The van der Waals surface area contributed by atoms with Gasteiger partial charge in [0.25, 0.3) is 0 Å². The fourth-order valence-corrected chi connectivity index (χ4v) is 4.70. The zero-order valence-corrected chi connectivity index (χ0v) is 18.6. The number of benzene rings is 2. The first kappa shape index (κ1) is 21.0. The van der Waals surface area contributed by atoms with Crippen molar-refractivity contribution in [2.45, 2.75) is 18.1 Å². The van der Waals surface area contributed by atoms with E-state index in [4.69, 9.17) is 14.6 Å². The molecule has 0 saturated carbocycles. The van der Waals surface area contributed by atoms with Gasteiger partial charge in [-0.05, 0) is 47.1 Å². The van der Waals surface area contributed by atoms with Gasteiger partial charge < -0.3 is 14.8 Å². The summed E-state index contributed by atoms with van der Waals surface area (Å²) in [5.74, 6) is 0.0797. The summed E-state index contributed by atoms with van der Waals surface area (Å²) in [4.78, 5) is 13.0. The molecule has 1 aliphatic rings. The van der Waals surface area contributed by atoms with Crippen LogP contribution < -0.4 is 15.2 Å². The monoisotopic (exact) mass is 530 g/mol. The third-order valence-corrected chi connectivity index (χ3v) is 5.90. The Morgan fingerprint density at radius 1 is 1.29 bits per heavy atom. The van der Waals surface area contributed by atoms with Gasteiger partial charge in [-0.15, -0.1) is 0 Å². The summed E-state index contributed by atoms with van der Waals surface area (Å²) < 4.78 is 36.3. The molecule has 0 bridgehead atoms. The summed E-state index contributed by atoms with van der Waals surface area (Å²) in [5, 5.41) is 8.09. The molecule has 1 unspecified atom stereocenters. The van der Waals surface area contributed by atoms with E-state index in [9.17, 15) is 13.2 Å². The maximum absolute atomic E-state index is 13.1. The minimum atomic E-state index is -3.94. The van der Waals surface area contributed by atoms with Crippen molar-refractivity contribution in [1.29, 1.82) is 0 Å². The Kier molecular flexibility index (Phi) is 6.25. The molecule has 0 amide bonds. The molecule has 1 atom stereocenters. The number of hydrogen-bond donors (Lipinski definition) is 2. The molecular formula is C18H16Br2N2O5S. The van der Waals surface area contributed by atoms with Crippen LogP contribution in [0.15, 0.2) is 62.0 Å². The van der Waals surface area contributed by atoms with Gasteiger partial charge in [-0.1, -0.05) is 28.1 Å². The number of carbonyl (C=O) groups is 1. The molecule has 3 rings (SSSR count). The van der Waals surface area contributed by atoms with Gasteiger partial charge in [0.15, 0.2) is 0 Å². The van der Waals surface area contributed by atoms with Crippen molar-refractivity contribution in [3.8, 4) is 5.75 Å². The number of sulfonamides is 1. The number of para-hydroxylation sites is 1. The van der Waals surface area contributed by atoms with Crippen molar-refractivity contribution in [2.75, 3.05) is 11.9 Å². The number of anilines is 1. The zero-order valence-electron chi connectivity index (χ0n) is 14.6. The smallest absolute Gasteiger partial charge is 0.240 e. The third-order valence-electron chi connectivity index (χ3n) is 3.89. The minimum absolute atomic E-state index is 0.0881. The van der Waals surface area contributed by atoms with Gasteiger partial charge in [-0.25, -0.2) is 13.6 Å². The second-order valence-corrected chi connectivity index (χ2v) is 9.08. The first-order chi connectivity index (χ1) is 13.2. The van der Waals surface area contributed by atoms with Crippen molar-refractivity contribution >= 4 is 53.4 Å². The van der Waals surface area contributed by atoms with Crippen molar-refractivity contribution in [3.05, 3.63) is 62.7 Å². The van der Waals surface area contributed by atoms with Crippen LogP contribution in [0.4, 0.5) is 5.69 Å². The Morgan fingerprint density at radius 2 is 2.00 bits per heavy atom. The Morgan fingerprint density at radius 3 is 2.68 bits per heavy atom. The van der Waals surface area contributed by atoms with Gasteiger partial charge in [0.1, 0.15) is 10.6 Å². The predicted molar refractivity (Wildman–Crippen MR) is 112 cm³/mol. The molecule has 1 heterocycles. The normalized spacial score (nSPS) is 17.9. The molecule has 1 aliphatic heterocycles. The Balaban J connectivity index is 2.03. The van der Waals surface area contributed by atoms with Gasteiger partial charge in [0.05, 0.1) is 21.3 Å². The average molecular weight is 532 g/mol. The van der Waals surface area contributed by atoms with E-state index in [1.54, 1.807) is 37.3 Å². The Bertz CT molecular complexity index is 1070. The molecule has 2 aromatic rings. The molecule has 28 heavy (non-hydrogen) atoms. The molecule has 0 spiro atoms. The number of halogens is 2. The number of nitrogens with one attached hydrogen (secondary N) is 1. The summed E-state index contributed by atoms with van der Waals surface area (Å²) in [6, 6.07) is 9.54. The summed E-state index contributed by atoms with van der Waals surface area (Å²) in [5.41, 5.74) is 0.787. The zero-order chi connectivity index (χ0) is 20.5. The van der Waals surface area contributed by atoms with E-state index in [0.29, 0.717) is 26.9 Å². The van der Waals surface area contributed by atoms with Crippen molar-refractivity contribution in [3.63, 3.8) is 0 Å². The fraction of sp³-hybridized carbons (Fsp3) is 0.167. The quantitative estimate of drug-likeness (QED) is 0.568. The first-order valence-corrected chi connectivity index (χ1v) is 11.3. The summed E-state index contributed by atoms with van der Waals surface area (Å²) >= 11 is 6.74. The molecule has 0 saturated heterocycles. The van der Waals surface area contributed by atoms with Crippen LogP contribution in [0.25, 0.3) is 0 Å². The summed E-state index contributed by atoms with van der Waals surface area (Å²) in [6.07, 6.45) is 0.432. The van der Waals surface area contributed by atoms with Crippen LogP contribution in [0.5, 0.6) is 5.75 Å². The maximum Gasteiger partial charge on any atom is 0.240 e. The van der Waals surface area contributed by atoms with Crippen LogP contribution in [-0.2, 0) is 14.8 Å². The number of hydrogen-bond acceptors (Lipinski definition) is 6. The van der Waals surface area contributed by atoms with E-state index in [0.717, 1.165) is 0 Å². The van der Waals surface area contributed by atoms with Crippen molar-refractivity contribution in [2.24, 2.45) is 5.14 Å². The van der Waals surface area contributed by atoms with Crippen molar-refractivity contribution in [1.82, 2.24) is 0 Å². The fourth-order valence-electron chi connectivity index (χ4n) is 2.68. The Labute approximate surface area is 179 Å². The van der Waals surface area contributed by atoms with Gasteiger partial charge >= 0.3 is 0 Å². The average Bonchev–Trinajstić information content (AvgIpc) is 2.62. The molecule has 0 fully saturated rings. The first-order valence-electron chi connectivity index (χ1n) is 8.12. The SMILES string of the molecule is CCOC1Oc2c(Br)cc(Br)cc2C(=O)/C1=C\Nc1ccccc1S(N)(=O)=O. The van der Waals surface area contributed by atoms with Crippen LogP contribution in [0.2, 0.25) is 0 Å². The van der Waals surface area contributed by atoms with Gasteiger partial charge in [-0.3, -0.25) is 4.79 Å². The second kappa shape index (κ2) is 8.34. The topological polar surface area (TPSA) is 108 Å². The van der Waals surface area contributed by atoms with E-state index >= 15 is 0 Å². The highest BCUT2D eigenvalue weighted by atomic mass is 79.9. The minimum Gasteiger partial charge on any atom is -0.458 e. The second-order valence-electron chi connectivity index (χ2n) is 5.78. The van der Waals surface area contributed by atoms with Crippen LogP contribution in [0, 0.1) is 0 Å². The number of carbonyl (C=O) groups excluding carboxylic acids is 1. The maximum atomic E-state index is 13.1. The Hall–Kier alpha value is -1.72. The predicted octanol–water partition coefficient (Wildman–Crippen LogP) is 3.79. The molecule has 2 aromatic carbocycles. The van der Waals surface area contributed by atoms with Crippen LogP contribution in [0.1, 0.15) is 17.3 Å². The molecule has 0 aliphatic carbocycles. The van der Waals surface area contributed by atoms with E-state index in [2.05, 4.69) is 37.2 Å². The third kappa shape index (κ3) is 4.31. The highest BCUT2D eigenvalue weighted by Crippen LogP contribution is 2.39. The highest BCUT2D eigenvalue weighted by molar-refractivity contribution is 9.11. The summed E-state index contributed by atoms with van der Waals surface area (Å²) in [7, 11) is -3.94. The van der Waals surface area contributed by atoms with Gasteiger partial charge in [-0.2, -0.15) is 0 Å². The van der Waals surface area contributed by atoms with Gasteiger partial charge in [0, 0.05) is 17.3 Å². The lowest BCUT2D eigenvalue weighted by Gasteiger charge is -2.28.